The van der Waals surface area contributed by atoms with Gasteiger partial charge in [-0.25, -0.2) is 0 Å². The Morgan fingerprint density at radius 1 is 1.47 bits per heavy atom. The number of anilines is 3. The molecular weight excluding hydrogens is 328 g/mol. The number of benzene rings is 1. The Hall–Kier alpha value is -1.20. The summed E-state index contributed by atoms with van der Waals surface area (Å²) >= 11 is 9.59. The Balaban J connectivity index is 2.35. The van der Waals surface area contributed by atoms with Crippen LogP contribution in [0, 0.1) is 0 Å². The lowest BCUT2D eigenvalue weighted by molar-refractivity contribution is 0.740. The molecule has 3 N–H and O–H groups in total. The van der Waals surface area contributed by atoms with Gasteiger partial charge >= 0.3 is 0 Å². The van der Waals surface area contributed by atoms with Crippen molar-refractivity contribution in [3.63, 3.8) is 0 Å². The second-order valence-electron chi connectivity index (χ2n) is 4.33. The van der Waals surface area contributed by atoms with Gasteiger partial charge in [0.05, 0.1) is 22.1 Å². The van der Waals surface area contributed by atoms with Gasteiger partial charge in [0.2, 0.25) is 0 Å². The van der Waals surface area contributed by atoms with Gasteiger partial charge in [-0.05, 0) is 24.6 Å². The zero-order chi connectivity index (χ0) is 14.0. The van der Waals surface area contributed by atoms with E-state index in [-0.39, 0.29) is 0 Å². The minimum absolute atomic E-state index is 0.640. The standard InChI is InChI=1S/C13H16BrClN4/c1-3-4-10-12(16)13(19(2)18-10)17-11-7-8(14)5-6-9(11)15/h5-7,17H,3-4,16H2,1-2H3. The number of aryl methyl sites for hydroxylation is 2. The molecule has 0 spiro atoms. The van der Waals surface area contributed by atoms with Crippen molar-refractivity contribution in [2.45, 2.75) is 19.8 Å². The van der Waals surface area contributed by atoms with Crippen molar-refractivity contribution < 1.29 is 0 Å². The van der Waals surface area contributed by atoms with Crippen LogP contribution in [-0.4, -0.2) is 9.78 Å². The second kappa shape index (κ2) is 5.84. The Morgan fingerprint density at radius 3 is 2.89 bits per heavy atom. The van der Waals surface area contributed by atoms with Gasteiger partial charge in [-0.3, -0.25) is 4.68 Å². The monoisotopic (exact) mass is 342 g/mol. The van der Waals surface area contributed by atoms with E-state index in [4.69, 9.17) is 17.3 Å². The quantitative estimate of drug-likeness (QED) is 0.878. The first kappa shape index (κ1) is 14.2. The molecule has 0 bridgehead atoms. The van der Waals surface area contributed by atoms with Crippen molar-refractivity contribution in [1.29, 1.82) is 0 Å². The summed E-state index contributed by atoms with van der Waals surface area (Å²) in [6.45, 7) is 2.10. The maximum absolute atomic E-state index is 6.16. The summed E-state index contributed by atoms with van der Waals surface area (Å²) in [5.74, 6) is 0.767. The third-order valence-corrected chi connectivity index (χ3v) is 3.65. The van der Waals surface area contributed by atoms with Gasteiger partial charge in [-0.1, -0.05) is 40.9 Å². The van der Waals surface area contributed by atoms with Crippen LogP contribution in [0.2, 0.25) is 5.02 Å². The van der Waals surface area contributed by atoms with Crippen molar-refractivity contribution in [3.8, 4) is 0 Å². The number of nitrogens with zero attached hydrogens (tertiary/aromatic N) is 2. The fraction of sp³-hybridized carbons (Fsp3) is 0.308. The number of nitrogens with one attached hydrogen (secondary N) is 1. The first-order valence-corrected chi connectivity index (χ1v) is 7.23. The number of nitrogens with two attached hydrogens (primary N) is 1. The second-order valence-corrected chi connectivity index (χ2v) is 5.65. The number of aromatic nitrogens is 2. The Bertz CT molecular complexity index is 595. The number of hydrogen-bond acceptors (Lipinski definition) is 3. The van der Waals surface area contributed by atoms with E-state index in [9.17, 15) is 0 Å². The fourth-order valence-corrected chi connectivity index (χ4v) is 2.41. The summed E-state index contributed by atoms with van der Waals surface area (Å²) in [5, 5.41) is 8.30. The van der Waals surface area contributed by atoms with E-state index in [1.54, 1.807) is 4.68 Å². The van der Waals surface area contributed by atoms with Crippen LogP contribution >= 0.6 is 27.5 Å². The molecule has 0 saturated heterocycles. The minimum Gasteiger partial charge on any atom is -0.394 e. The van der Waals surface area contributed by atoms with Gasteiger partial charge in [-0.15, -0.1) is 0 Å². The lowest BCUT2D eigenvalue weighted by Gasteiger charge is -2.10. The molecule has 0 aliphatic rings. The van der Waals surface area contributed by atoms with Crippen molar-refractivity contribution in [2.75, 3.05) is 11.1 Å². The fourth-order valence-electron chi connectivity index (χ4n) is 1.89. The molecule has 1 heterocycles. The first-order valence-electron chi connectivity index (χ1n) is 6.06. The van der Waals surface area contributed by atoms with E-state index in [1.165, 1.54) is 0 Å². The number of halogens is 2. The van der Waals surface area contributed by atoms with Crippen LogP contribution in [0.3, 0.4) is 0 Å². The third kappa shape index (κ3) is 3.04. The lowest BCUT2D eigenvalue weighted by Crippen LogP contribution is -2.01. The predicted molar refractivity (Wildman–Crippen MR) is 84.1 cm³/mol. The van der Waals surface area contributed by atoms with E-state index >= 15 is 0 Å². The van der Waals surface area contributed by atoms with Gasteiger partial charge in [-0.2, -0.15) is 5.10 Å². The summed E-state index contributed by atoms with van der Waals surface area (Å²) in [7, 11) is 1.86. The van der Waals surface area contributed by atoms with Crippen molar-refractivity contribution in [3.05, 3.63) is 33.4 Å². The molecule has 1 aromatic carbocycles. The van der Waals surface area contributed by atoms with E-state index in [1.807, 2.05) is 25.2 Å². The summed E-state index contributed by atoms with van der Waals surface area (Å²) in [5.41, 5.74) is 8.52. The van der Waals surface area contributed by atoms with Crippen molar-refractivity contribution >= 4 is 44.7 Å². The minimum atomic E-state index is 0.640. The molecule has 0 saturated carbocycles. The van der Waals surface area contributed by atoms with Gasteiger partial charge < -0.3 is 11.1 Å². The summed E-state index contributed by atoms with van der Waals surface area (Å²) in [4.78, 5) is 0. The normalized spacial score (nSPS) is 10.7. The molecule has 2 rings (SSSR count). The van der Waals surface area contributed by atoms with Crippen LogP contribution < -0.4 is 11.1 Å². The SMILES string of the molecule is CCCc1nn(C)c(Nc2cc(Br)ccc2Cl)c1N. The molecule has 0 amide bonds. The molecule has 0 fully saturated rings. The first-order chi connectivity index (χ1) is 9.02. The maximum Gasteiger partial charge on any atom is 0.152 e. The van der Waals surface area contributed by atoms with Crippen LogP contribution in [0.5, 0.6) is 0 Å². The summed E-state index contributed by atoms with van der Waals surface area (Å²) in [6, 6.07) is 5.63. The molecular formula is C13H16BrClN4. The van der Waals surface area contributed by atoms with Crippen LogP contribution in [0.25, 0.3) is 0 Å². The molecule has 102 valence electrons. The Labute approximate surface area is 126 Å². The Kier molecular flexibility index (Phi) is 4.37. The van der Waals surface area contributed by atoms with Gasteiger partial charge in [0.1, 0.15) is 0 Å². The van der Waals surface area contributed by atoms with Crippen LogP contribution in [0.4, 0.5) is 17.2 Å². The highest BCUT2D eigenvalue weighted by Crippen LogP contribution is 2.32. The topological polar surface area (TPSA) is 55.9 Å². The van der Waals surface area contributed by atoms with Crippen molar-refractivity contribution in [2.24, 2.45) is 7.05 Å². The molecule has 1 aromatic heterocycles. The number of nitrogen functional groups attached to an aromatic ring is 1. The largest absolute Gasteiger partial charge is 0.394 e. The molecule has 0 unspecified atom stereocenters. The van der Waals surface area contributed by atoms with E-state index < -0.39 is 0 Å². The average Bonchev–Trinajstić information content (AvgIpc) is 2.62. The average molecular weight is 344 g/mol. The van der Waals surface area contributed by atoms with Crippen molar-refractivity contribution in [1.82, 2.24) is 9.78 Å². The molecule has 0 aliphatic carbocycles. The smallest absolute Gasteiger partial charge is 0.152 e. The molecule has 0 atom stereocenters. The summed E-state index contributed by atoms with van der Waals surface area (Å²) in [6.07, 6.45) is 1.88. The number of rotatable bonds is 4. The van der Waals surface area contributed by atoms with Gasteiger partial charge in [0.25, 0.3) is 0 Å². The highest BCUT2D eigenvalue weighted by atomic mass is 79.9. The maximum atomic E-state index is 6.16. The van der Waals surface area contributed by atoms with Gasteiger partial charge in [0.15, 0.2) is 5.82 Å². The van der Waals surface area contributed by atoms with Crippen LogP contribution in [0.1, 0.15) is 19.0 Å². The van der Waals surface area contributed by atoms with Crippen LogP contribution in [0.15, 0.2) is 22.7 Å². The van der Waals surface area contributed by atoms with E-state index in [0.717, 1.165) is 34.5 Å². The number of hydrogen-bond donors (Lipinski definition) is 2. The highest BCUT2D eigenvalue weighted by Gasteiger charge is 2.13. The summed E-state index contributed by atoms with van der Waals surface area (Å²) < 4.78 is 2.70. The van der Waals surface area contributed by atoms with Crippen LogP contribution in [-0.2, 0) is 13.5 Å². The Morgan fingerprint density at radius 2 is 2.21 bits per heavy atom. The third-order valence-electron chi connectivity index (χ3n) is 2.83. The molecule has 4 nitrogen and oxygen atoms in total. The molecule has 6 heteroatoms. The highest BCUT2D eigenvalue weighted by molar-refractivity contribution is 9.10. The molecule has 2 aromatic rings. The molecule has 19 heavy (non-hydrogen) atoms. The van der Waals surface area contributed by atoms with Gasteiger partial charge in [0, 0.05) is 11.5 Å². The zero-order valence-electron chi connectivity index (χ0n) is 10.9. The molecule has 0 radical (unpaired) electrons. The van der Waals surface area contributed by atoms with E-state index in [0.29, 0.717) is 10.7 Å². The lowest BCUT2D eigenvalue weighted by atomic mass is 10.2. The van der Waals surface area contributed by atoms with E-state index in [2.05, 4.69) is 33.3 Å². The predicted octanol–water partition coefficient (Wildman–Crippen LogP) is 4.11. The zero-order valence-corrected chi connectivity index (χ0v) is 13.2. The molecule has 0 aliphatic heterocycles.